The van der Waals surface area contributed by atoms with Crippen LogP contribution in [0.25, 0.3) is 0 Å². The molecule has 120 valence electrons. The topological polar surface area (TPSA) is 98.5 Å². The third kappa shape index (κ3) is 5.56. The molecular formula is C11H8ClF3N2O5. The number of hydrogen-bond acceptors (Lipinski definition) is 5. The molecule has 0 heterocycles. The lowest BCUT2D eigenvalue weighted by molar-refractivity contribution is -0.384. The quantitative estimate of drug-likeness (QED) is 0.502. The van der Waals surface area contributed by atoms with E-state index in [4.69, 9.17) is 11.6 Å². The summed E-state index contributed by atoms with van der Waals surface area (Å²) in [6, 6.07) is 2.91. The van der Waals surface area contributed by atoms with Gasteiger partial charge in [-0.1, -0.05) is 11.6 Å². The monoisotopic (exact) mass is 340 g/mol. The number of non-ortho nitro benzene ring substituents is 1. The molecule has 0 spiro atoms. The number of hydrogen-bond donors (Lipinski definition) is 1. The molecule has 0 aliphatic rings. The fourth-order valence-corrected chi connectivity index (χ4v) is 1.49. The van der Waals surface area contributed by atoms with Crippen LogP contribution in [0.3, 0.4) is 0 Å². The van der Waals surface area contributed by atoms with Crippen molar-refractivity contribution in [3.63, 3.8) is 0 Å². The number of esters is 1. The second-order valence-electron chi connectivity index (χ2n) is 3.89. The van der Waals surface area contributed by atoms with Crippen LogP contribution in [0.1, 0.15) is 10.4 Å². The Bertz CT molecular complexity index is 606. The predicted molar refractivity (Wildman–Crippen MR) is 67.5 cm³/mol. The summed E-state index contributed by atoms with van der Waals surface area (Å²) in [5.74, 6) is -2.24. The van der Waals surface area contributed by atoms with Crippen molar-refractivity contribution in [1.29, 1.82) is 0 Å². The SMILES string of the molecule is O=C(COC(=O)c1ccc([N+](=O)[O-])cc1Cl)NCC(F)(F)F. The first-order valence-electron chi connectivity index (χ1n) is 5.54. The molecule has 1 amide bonds. The third-order valence-electron chi connectivity index (χ3n) is 2.20. The minimum Gasteiger partial charge on any atom is -0.452 e. The average molecular weight is 341 g/mol. The van der Waals surface area contributed by atoms with Crippen LogP contribution in [-0.2, 0) is 9.53 Å². The first-order valence-corrected chi connectivity index (χ1v) is 5.92. The van der Waals surface area contributed by atoms with Gasteiger partial charge in [0, 0.05) is 12.1 Å². The molecule has 0 saturated carbocycles. The largest absolute Gasteiger partial charge is 0.452 e. The molecule has 11 heteroatoms. The maximum absolute atomic E-state index is 11.8. The lowest BCUT2D eigenvalue weighted by atomic mass is 10.2. The van der Waals surface area contributed by atoms with E-state index in [1.807, 2.05) is 0 Å². The van der Waals surface area contributed by atoms with E-state index < -0.39 is 36.1 Å². The van der Waals surface area contributed by atoms with Gasteiger partial charge < -0.3 is 10.1 Å². The van der Waals surface area contributed by atoms with Crippen molar-refractivity contribution < 1.29 is 32.4 Å². The molecule has 22 heavy (non-hydrogen) atoms. The van der Waals surface area contributed by atoms with Crippen molar-refractivity contribution in [3.05, 3.63) is 38.9 Å². The molecule has 0 saturated heterocycles. The predicted octanol–water partition coefficient (Wildman–Crippen LogP) is 2.08. The zero-order valence-corrected chi connectivity index (χ0v) is 11.4. The Morgan fingerprint density at radius 2 is 2.00 bits per heavy atom. The van der Waals surface area contributed by atoms with Crippen molar-refractivity contribution in [2.45, 2.75) is 6.18 Å². The van der Waals surface area contributed by atoms with Crippen LogP contribution >= 0.6 is 11.6 Å². The van der Waals surface area contributed by atoms with Gasteiger partial charge in [0.15, 0.2) is 6.61 Å². The highest BCUT2D eigenvalue weighted by Gasteiger charge is 2.28. The second-order valence-corrected chi connectivity index (χ2v) is 4.30. The summed E-state index contributed by atoms with van der Waals surface area (Å²) >= 11 is 5.65. The Morgan fingerprint density at radius 3 is 2.50 bits per heavy atom. The number of amides is 1. The normalized spacial score (nSPS) is 10.9. The highest BCUT2D eigenvalue weighted by Crippen LogP contribution is 2.23. The molecule has 0 bridgehead atoms. The first kappa shape index (κ1) is 17.7. The van der Waals surface area contributed by atoms with Gasteiger partial charge in [0.25, 0.3) is 11.6 Å². The number of carbonyl (C=O) groups is 2. The van der Waals surface area contributed by atoms with Crippen molar-refractivity contribution in [1.82, 2.24) is 5.32 Å². The lowest BCUT2D eigenvalue weighted by Crippen LogP contribution is -2.36. The average Bonchev–Trinajstić information content (AvgIpc) is 2.41. The molecule has 0 unspecified atom stereocenters. The van der Waals surface area contributed by atoms with Gasteiger partial charge in [-0.2, -0.15) is 13.2 Å². The van der Waals surface area contributed by atoms with Crippen LogP contribution < -0.4 is 5.32 Å². The number of alkyl halides is 3. The minimum absolute atomic E-state index is 0.254. The number of ether oxygens (including phenoxy) is 1. The number of halogens is 4. The molecule has 0 fully saturated rings. The summed E-state index contributed by atoms with van der Waals surface area (Å²) < 4.78 is 40.0. The number of carbonyl (C=O) groups excluding carboxylic acids is 2. The van der Waals surface area contributed by atoms with Crippen LogP contribution in [0.4, 0.5) is 18.9 Å². The summed E-state index contributed by atoms with van der Waals surface area (Å²) in [6.45, 7) is -2.50. The Hall–Kier alpha value is -2.36. The smallest absolute Gasteiger partial charge is 0.405 e. The third-order valence-corrected chi connectivity index (χ3v) is 2.52. The summed E-state index contributed by atoms with van der Waals surface area (Å²) in [7, 11) is 0. The summed E-state index contributed by atoms with van der Waals surface area (Å²) in [5.41, 5.74) is -0.611. The fraction of sp³-hybridized carbons (Fsp3) is 0.273. The van der Waals surface area contributed by atoms with E-state index in [-0.39, 0.29) is 16.3 Å². The minimum atomic E-state index is -4.58. The molecule has 0 atom stereocenters. The highest BCUT2D eigenvalue weighted by atomic mass is 35.5. The van der Waals surface area contributed by atoms with E-state index in [0.29, 0.717) is 0 Å². The number of nitrogens with one attached hydrogen (secondary N) is 1. The summed E-state index contributed by atoms with van der Waals surface area (Å²) in [6.07, 6.45) is -4.58. The maximum atomic E-state index is 11.8. The van der Waals surface area contributed by atoms with Crippen LogP contribution in [0.5, 0.6) is 0 Å². The first-order chi connectivity index (χ1) is 10.1. The Morgan fingerprint density at radius 1 is 1.36 bits per heavy atom. The molecule has 1 aromatic rings. The van der Waals surface area contributed by atoms with E-state index in [9.17, 15) is 32.9 Å². The molecule has 0 aliphatic heterocycles. The van der Waals surface area contributed by atoms with Gasteiger partial charge >= 0.3 is 12.1 Å². The van der Waals surface area contributed by atoms with Gasteiger partial charge in [0.2, 0.25) is 0 Å². The second kappa shape index (κ2) is 7.07. The zero-order valence-electron chi connectivity index (χ0n) is 10.6. The van der Waals surface area contributed by atoms with E-state index in [0.717, 1.165) is 18.2 Å². The molecule has 0 aliphatic carbocycles. The van der Waals surface area contributed by atoms with Crippen molar-refractivity contribution in [3.8, 4) is 0 Å². The maximum Gasteiger partial charge on any atom is 0.405 e. The van der Waals surface area contributed by atoms with Crippen LogP contribution in [0.15, 0.2) is 18.2 Å². The molecular weight excluding hydrogens is 333 g/mol. The molecule has 0 radical (unpaired) electrons. The van der Waals surface area contributed by atoms with Crippen molar-refractivity contribution in [2.24, 2.45) is 0 Å². The van der Waals surface area contributed by atoms with E-state index in [1.54, 1.807) is 0 Å². The zero-order chi connectivity index (χ0) is 16.9. The standard InChI is InChI=1S/C11H8ClF3N2O5/c12-8-3-6(17(20)21)1-2-7(8)10(19)22-4-9(18)16-5-11(13,14)15/h1-3H,4-5H2,(H,16,18). The number of rotatable bonds is 5. The fourth-order valence-electron chi connectivity index (χ4n) is 1.24. The molecule has 0 aromatic heterocycles. The Labute approximate surface area is 126 Å². The number of nitro groups is 1. The number of nitro benzene ring substituents is 1. The Balaban J connectivity index is 2.59. The molecule has 7 nitrogen and oxygen atoms in total. The lowest BCUT2D eigenvalue weighted by Gasteiger charge is -2.09. The summed E-state index contributed by atoms with van der Waals surface area (Å²) in [5, 5.41) is 11.7. The van der Waals surface area contributed by atoms with E-state index in [1.165, 1.54) is 5.32 Å². The highest BCUT2D eigenvalue weighted by molar-refractivity contribution is 6.33. The van der Waals surface area contributed by atoms with Gasteiger partial charge in [0.1, 0.15) is 6.54 Å². The van der Waals surface area contributed by atoms with Crippen LogP contribution in [0.2, 0.25) is 5.02 Å². The van der Waals surface area contributed by atoms with Gasteiger partial charge in [-0.25, -0.2) is 4.79 Å². The van der Waals surface area contributed by atoms with Crippen molar-refractivity contribution >= 4 is 29.2 Å². The van der Waals surface area contributed by atoms with Crippen molar-refractivity contribution in [2.75, 3.05) is 13.2 Å². The van der Waals surface area contributed by atoms with Gasteiger partial charge in [-0.15, -0.1) is 0 Å². The number of nitrogens with zero attached hydrogens (tertiary/aromatic N) is 1. The van der Waals surface area contributed by atoms with Gasteiger partial charge in [-0.3, -0.25) is 14.9 Å². The summed E-state index contributed by atoms with van der Waals surface area (Å²) in [4.78, 5) is 32.4. The van der Waals surface area contributed by atoms with Gasteiger partial charge in [0.05, 0.1) is 15.5 Å². The van der Waals surface area contributed by atoms with Crippen LogP contribution in [-0.4, -0.2) is 36.1 Å². The molecule has 1 aromatic carbocycles. The van der Waals surface area contributed by atoms with Gasteiger partial charge in [-0.05, 0) is 6.07 Å². The molecule has 1 rings (SSSR count). The molecule has 1 N–H and O–H groups in total. The van der Waals surface area contributed by atoms with E-state index >= 15 is 0 Å². The van der Waals surface area contributed by atoms with E-state index in [2.05, 4.69) is 4.74 Å². The Kier molecular flexibility index (Phi) is 5.69. The number of benzene rings is 1. The van der Waals surface area contributed by atoms with Crippen LogP contribution in [0, 0.1) is 10.1 Å².